The van der Waals surface area contributed by atoms with Gasteiger partial charge in [0.25, 0.3) is 11.8 Å². The third kappa shape index (κ3) is 6.00. The molecule has 3 aromatic rings. The van der Waals surface area contributed by atoms with Crippen molar-refractivity contribution < 1.29 is 14.4 Å². The minimum Gasteiger partial charge on any atom is -0.341 e. The first kappa shape index (κ1) is 25.2. The highest BCUT2D eigenvalue weighted by atomic mass is 16.2. The van der Waals surface area contributed by atoms with Crippen molar-refractivity contribution in [3.63, 3.8) is 0 Å². The lowest BCUT2D eigenvalue weighted by Gasteiger charge is -2.22. The van der Waals surface area contributed by atoms with Crippen LogP contribution in [0.15, 0.2) is 66.7 Å². The average molecular weight is 488 g/mol. The molecule has 0 saturated heterocycles. The third-order valence-corrected chi connectivity index (χ3v) is 6.47. The fourth-order valence-corrected chi connectivity index (χ4v) is 4.43. The normalized spacial score (nSPS) is 13.2. The SMILES string of the molecule is CCN(CCC(=O)N(C)Cc1ccccc1)C(=O)c1cc2n(n1)CCCN(Cc1ccccc1)C2=O. The Morgan fingerprint density at radius 1 is 0.972 bits per heavy atom. The Morgan fingerprint density at radius 2 is 1.64 bits per heavy atom. The van der Waals surface area contributed by atoms with Gasteiger partial charge in [-0.1, -0.05) is 60.7 Å². The second-order valence-electron chi connectivity index (χ2n) is 9.07. The second kappa shape index (κ2) is 11.7. The van der Waals surface area contributed by atoms with Gasteiger partial charge in [-0.05, 0) is 24.5 Å². The molecule has 2 aromatic carbocycles. The zero-order valence-electron chi connectivity index (χ0n) is 21.0. The summed E-state index contributed by atoms with van der Waals surface area (Å²) in [6.07, 6.45) is 0.987. The maximum absolute atomic E-state index is 13.2. The smallest absolute Gasteiger partial charge is 0.274 e. The number of aromatic nitrogens is 2. The van der Waals surface area contributed by atoms with Gasteiger partial charge in [0, 0.05) is 58.8 Å². The minimum absolute atomic E-state index is 0.0301. The number of carbonyl (C=O) groups excluding carboxylic acids is 3. The summed E-state index contributed by atoms with van der Waals surface area (Å²) in [7, 11) is 1.77. The summed E-state index contributed by atoms with van der Waals surface area (Å²) < 4.78 is 1.65. The summed E-state index contributed by atoms with van der Waals surface area (Å²) in [6.45, 7) is 4.88. The standard InChI is InChI=1S/C28H33N5O3/c1-3-31(18-15-26(34)30(2)20-22-11-6-4-7-12-22)27(35)24-19-25-28(36)32(16-10-17-33(25)29-24)21-23-13-8-5-9-14-23/h4-9,11-14,19H,3,10,15-18,20-21H2,1-2H3. The largest absolute Gasteiger partial charge is 0.341 e. The number of nitrogens with zero attached hydrogens (tertiary/aromatic N) is 5. The molecule has 0 fully saturated rings. The Bertz CT molecular complexity index is 1190. The van der Waals surface area contributed by atoms with Crippen molar-refractivity contribution in [2.45, 2.75) is 39.4 Å². The van der Waals surface area contributed by atoms with E-state index in [1.165, 1.54) is 0 Å². The summed E-state index contributed by atoms with van der Waals surface area (Å²) in [4.78, 5) is 44.2. The molecule has 0 N–H and O–H groups in total. The van der Waals surface area contributed by atoms with Gasteiger partial charge in [0.15, 0.2) is 5.69 Å². The molecule has 0 unspecified atom stereocenters. The molecule has 188 valence electrons. The van der Waals surface area contributed by atoms with Crippen LogP contribution in [0, 0.1) is 0 Å². The van der Waals surface area contributed by atoms with Crippen molar-refractivity contribution >= 4 is 17.7 Å². The highest BCUT2D eigenvalue weighted by molar-refractivity contribution is 5.98. The molecule has 1 aliphatic rings. The van der Waals surface area contributed by atoms with Crippen LogP contribution >= 0.6 is 0 Å². The molecule has 0 bridgehead atoms. The minimum atomic E-state index is -0.265. The van der Waals surface area contributed by atoms with Gasteiger partial charge >= 0.3 is 0 Å². The first-order valence-electron chi connectivity index (χ1n) is 12.4. The van der Waals surface area contributed by atoms with Crippen LogP contribution in [0.25, 0.3) is 0 Å². The number of fused-ring (bicyclic) bond motifs is 1. The van der Waals surface area contributed by atoms with E-state index in [1.54, 1.807) is 27.6 Å². The van der Waals surface area contributed by atoms with Gasteiger partial charge in [-0.15, -0.1) is 0 Å². The van der Waals surface area contributed by atoms with Crippen LogP contribution in [-0.4, -0.2) is 68.9 Å². The van der Waals surface area contributed by atoms with Crippen LogP contribution in [0.5, 0.6) is 0 Å². The molecular weight excluding hydrogens is 454 g/mol. The number of benzene rings is 2. The summed E-state index contributed by atoms with van der Waals surface area (Å²) in [5.41, 5.74) is 2.80. The third-order valence-electron chi connectivity index (χ3n) is 6.47. The van der Waals surface area contributed by atoms with Crippen molar-refractivity contribution in [2.75, 3.05) is 26.7 Å². The zero-order valence-corrected chi connectivity index (χ0v) is 21.0. The molecule has 0 radical (unpaired) electrons. The fourth-order valence-electron chi connectivity index (χ4n) is 4.43. The van der Waals surface area contributed by atoms with E-state index >= 15 is 0 Å². The van der Waals surface area contributed by atoms with Crippen LogP contribution in [0.3, 0.4) is 0 Å². The maximum atomic E-state index is 13.2. The summed E-state index contributed by atoms with van der Waals surface area (Å²) >= 11 is 0. The van der Waals surface area contributed by atoms with Crippen molar-refractivity contribution in [3.05, 3.63) is 89.2 Å². The Kier molecular flexibility index (Phi) is 8.15. The van der Waals surface area contributed by atoms with E-state index in [9.17, 15) is 14.4 Å². The van der Waals surface area contributed by atoms with Gasteiger partial charge in [-0.2, -0.15) is 5.10 Å². The van der Waals surface area contributed by atoms with E-state index in [1.807, 2.05) is 72.5 Å². The molecule has 1 aliphatic heterocycles. The lowest BCUT2D eigenvalue weighted by Crippen LogP contribution is -2.36. The Labute approximate surface area is 212 Å². The van der Waals surface area contributed by atoms with Crippen molar-refractivity contribution in [1.29, 1.82) is 0 Å². The lowest BCUT2D eigenvalue weighted by molar-refractivity contribution is -0.130. The number of amides is 3. The summed E-state index contributed by atoms with van der Waals surface area (Å²) in [5.74, 6) is -0.417. The molecule has 0 atom stereocenters. The van der Waals surface area contributed by atoms with E-state index in [0.717, 1.165) is 17.5 Å². The van der Waals surface area contributed by atoms with Gasteiger partial charge in [-0.25, -0.2) is 0 Å². The van der Waals surface area contributed by atoms with Gasteiger partial charge in [0.05, 0.1) is 0 Å². The highest BCUT2D eigenvalue weighted by Crippen LogP contribution is 2.18. The van der Waals surface area contributed by atoms with Gasteiger partial charge in [0.2, 0.25) is 5.91 Å². The molecule has 2 heterocycles. The second-order valence-corrected chi connectivity index (χ2v) is 9.07. The van der Waals surface area contributed by atoms with Gasteiger partial charge in [0.1, 0.15) is 5.69 Å². The topological polar surface area (TPSA) is 78.8 Å². The first-order valence-corrected chi connectivity index (χ1v) is 12.4. The number of rotatable bonds is 9. The van der Waals surface area contributed by atoms with Gasteiger partial charge in [-0.3, -0.25) is 19.1 Å². The Morgan fingerprint density at radius 3 is 2.31 bits per heavy atom. The molecule has 4 rings (SSSR count). The predicted molar refractivity (Wildman–Crippen MR) is 137 cm³/mol. The predicted octanol–water partition coefficient (Wildman–Crippen LogP) is 3.44. The highest BCUT2D eigenvalue weighted by Gasteiger charge is 2.28. The molecule has 3 amide bonds. The number of hydrogen-bond donors (Lipinski definition) is 0. The molecule has 0 aliphatic carbocycles. The zero-order chi connectivity index (χ0) is 25.5. The molecule has 1 aromatic heterocycles. The van der Waals surface area contributed by atoms with Gasteiger partial charge < -0.3 is 14.7 Å². The van der Waals surface area contributed by atoms with Crippen molar-refractivity contribution in [2.24, 2.45) is 0 Å². The van der Waals surface area contributed by atoms with E-state index in [2.05, 4.69) is 5.10 Å². The van der Waals surface area contributed by atoms with Crippen LogP contribution < -0.4 is 0 Å². The van der Waals surface area contributed by atoms with E-state index < -0.39 is 0 Å². The summed E-state index contributed by atoms with van der Waals surface area (Å²) in [6, 6.07) is 21.3. The van der Waals surface area contributed by atoms with E-state index in [4.69, 9.17) is 0 Å². The monoisotopic (exact) mass is 487 g/mol. The van der Waals surface area contributed by atoms with Crippen LogP contribution in [0.1, 0.15) is 51.9 Å². The number of hydrogen-bond acceptors (Lipinski definition) is 4. The van der Waals surface area contributed by atoms with Crippen molar-refractivity contribution in [1.82, 2.24) is 24.5 Å². The lowest BCUT2D eigenvalue weighted by atomic mass is 10.2. The maximum Gasteiger partial charge on any atom is 0.274 e. The first-order chi connectivity index (χ1) is 17.5. The molecule has 0 saturated carbocycles. The van der Waals surface area contributed by atoms with E-state index in [0.29, 0.717) is 45.0 Å². The number of carbonyl (C=O) groups is 3. The Hall–Kier alpha value is -3.94. The molecule has 36 heavy (non-hydrogen) atoms. The Balaban J connectivity index is 1.39. The van der Waals surface area contributed by atoms with E-state index in [-0.39, 0.29) is 29.8 Å². The molecule has 8 nitrogen and oxygen atoms in total. The van der Waals surface area contributed by atoms with Crippen LogP contribution in [-0.2, 0) is 24.4 Å². The van der Waals surface area contributed by atoms with Crippen molar-refractivity contribution in [3.8, 4) is 0 Å². The molecule has 8 heteroatoms. The quantitative estimate of drug-likeness (QED) is 0.463. The average Bonchev–Trinajstić information content (AvgIpc) is 3.27. The van der Waals surface area contributed by atoms with Crippen LogP contribution in [0.2, 0.25) is 0 Å². The fraction of sp³-hybridized carbons (Fsp3) is 0.357. The molecular formula is C28H33N5O3. The molecule has 0 spiro atoms. The number of aryl methyl sites for hydroxylation is 1. The van der Waals surface area contributed by atoms with Crippen LogP contribution in [0.4, 0.5) is 0 Å². The summed E-state index contributed by atoms with van der Waals surface area (Å²) in [5, 5.41) is 4.47.